The zero-order chi connectivity index (χ0) is 15.9. The molecule has 114 valence electrons. The summed E-state index contributed by atoms with van der Waals surface area (Å²) in [6.07, 6.45) is -4.67. The molecular formula is C12H12ClF3N4S. The van der Waals surface area contributed by atoms with Gasteiger partial charge >= 0.3 is 6.18 Å². The number of anilines is 1. The van der Waals surface area contributed by atoms with Crippen molar-refractivity contribution in [2.45, 2.75) is 30.8 Å². The standard InChI is InChI=1S/C12H12ClF3N4S/c1-5(2)6-3-7(13)8(4-9(6)21)20-11(17)18-10(19-20)12(14,15)16/h3-5,21H,1-2H3,(H2,17,18,19). The molecule has 0 fully saturated rings. The van der Waals surface area contributed by atoms with Crippen LogP contribution in [0.3, 0.4) is 0 Å². The highest BCUT2D eigenvalue weighted by Crippen LogP contribution is 2.33. The molecule has 0 spiro atoms. The summed E-state index contributed by atoms with van der Waals surface area (Å²) in [5.74, 6) is -1.54. The van der Waals surface area contributed by atoms with Gasteiger partial charge in [-0.1, -0.05) is 25.4 Å². The van der Waals surface area contributed by atoms with E-state index in [2.05, 4.69) is 22.7 Å². The summed E-state index contributed by atoms with van der Waals surface area (Å²) in [4.78, 5) is 3.80. The molecule has 0 radical (unpaired) electrons. The molecule has 2 aromatic rings. The maximum absolute atomic E-state index is 12.6. The number of hydrogen-bond acceptors (Lipinski definition) is 4. The van der Waals surface area contributed by atoms with Gasteiger partial charge in [-0.2, -0.15) is 22.8 Å². The van der Waals surface area contributed by atoms with Gasteiger partial charge in [0.1, 0.15) is 0 Å². The van der Waals surface area contributed by atoms with Crippen molar-refractivity contribution in [3.63, 3.8) is 0 Å². The first kappa shape index (κ1) is 16.0. The lowest BCUT2D eigenvalue weighted by Gasteiger charge is -2.13. The molecule has 1 aromatic carbocycles. The van der Waals surface area contributed by atoms with Crippen LogP contribution in [-0.4, -0.2) is 14.8 Å². The fourth-order valence-corrected chi connectivity index (χ4v) is 2.51. The molecule has 0 amide bonds. The summed E-state index contributed by atoms with van der Waals surface area (Å²) in [6.45, 7) is 3.91. The Morgan fingerprint density at radius 1 is 1.33 bits per heavy atom. The summed E-state index contributed by atoms with van der Waals surface area (Å²) >= 11 is 10.4. The Morgan fingerprint density at radius 2 is 1.95 bits per heavy atom. The molecule has 2 rings (SSSR count). The van der Waals surface area contributed by atoms with E-state index in [-0.39, 0.29) is 16.6 Å². The van der Waals surface area contributed by atoms with Gasteiger partial charge in [0.05, 0.1) is 10.7 Å². The highest BCUT2D eigenvalue weighted by atomic mass is 35.5. The number of alkyl halides is 3. The van der Waals surface area contributed by atoms with Crippen LogP contribution in [0.5, 0.6) is 0 Å². The average molecular weight is 337 g/mol. The largest absolute Gasteiger partial charge is 0.453 e. The minimum absolute atomic E-state index is 0.169. The zero-order valence-corrected chi connectivity index (χ0v) is 12.8. The van der Waals surface area contributed by atoms with E-state index < -0.39 is 17.9 Å². The number of benzene rings is 1. The van der Waals surface area contributed by atoms with E-state index in [9.17, 15) is 13.2 Å². The van der Waals surface area contributed by atoms with Crippen molar-refractivity contribution in [2.24, 2.45) is 0 Å². The second-order valence-corrected chi connectivity index (χ2v) is 5.61. The Labute approximate surface area is 129 Å². The third-order valence-electron chi connectivity index (χ3n) is 2.83. The molecule has 0 saturated heterocycles. The number of nitrogens with zero attached hydrogens (tertiary/aromatic N) is 3. The predicted molar refractivity (Wildman–Crippen MR) is 77.1 cm³/mol. The highest BCUT2D eigenvalue weighted by Gasteiger charge is 2.37. The van der Waals surface area contributed by atoms with E-state index in [0.29, 0.717) is 4.90 Å². The van der Waals surface area contributed by atoms with Crippen molar-refractivity contribution in [1.29, 1.82) is 0 Å². The average Bonchev–Trinajstić information content (AvgIpc) is 2.73. The minimum atomic E-state index is -4.67. The molecule has 0 bridgehead atoms. The molecule has 0 atom stereocenters. The van der Waals surface area contributed by atoms with Crippen LogP contribution < -0.4 is 5.73 Å². The molecule has 9 heteroatoms. The number of rotatable bonds is 2. The molecule has 1 heterocycles. The third kappa shape index (κ3) is 3.11. The normalized spacial score (nSPS) is 12.2. The molecule has 0 aliphatic carbocycles. The van der Waals surface area contributed by atoms with E-state index in [1.165, 1.54) is 6.07 Å². The lowest BCUT2D eigenvalue weighted by atomic mass is 10.0. The molecule has 0 aliphatic heterocycles. The summed E-state index contributed by atoms with van der Waals surface area (Å²) < 4.78 is 38.7. The van der Waals surface area contributed by atoms with E-state index >= 15 is 0 Å². The van der Waals surface area contributed by atoms with Gasteiger partial charge in [-0.05, 0) is 23.6 Å². The van der Waals surface area contributed by atoms with Gasteiger partial charge in [0, 0.05) is 4.90 Å². The van der Waals surface area contributed by atoms with Crippen LogP contribution >= 0.6 is 24.2 Å². The van der Waals surface area contributed by atoms with E-state index in [0.717, 1.165) is 10.2 Å². The Bertz CT molecular complexity index is 682. The number of nitrogen functional groups attached to an aromatic ring is 1. The Balaban J connectivity index is 2.58. The molecule has 0 unspecified atom stereocenters. The first-order valence-electron chi connectivity index (χ1n) is 5.93. The first-order valence-corrected chi connectivity index (χ1v) is 6.76. The van der Waals surface area contributed by atoms with Crippen LogP contribution in [0, 0.1) is 0 Å². The van der Waals surface area contributed by atoms with Crippen molar-refractivity contribution >= 4 is 30.2 Å². The molecule has 0 saturated carbocycles. The van der Waals surface area contributed by atoms with Crippen molar-refractivity contribution in [1.82, 2.24) is 14.8 Å². The maximum atomic E-state index is 12.6. The number of thiol groups is 1. The molecule has 2 N–H and O–H groups in total. The zero-order valence-electron chi connectivity index (χ0n) is 11.1. The smallest absolute Gasteiger partial charge is 0.368 e. The van der Waals surface area contributed by atoms with E-state index in [1.807, 2.05) is 13.8 Å². The Morgan fingerprint density at radius 3 is 2.43 bits per heavy atom. The van der Waals surface area contributed by atoms with Gasteiger partial charge in [0.15, 0.2) is 0 Å². The maximum Gasteiger partial charge on any atom is 0.453 e. The minimum Gasteiger partial charge on any atom is -0.368 e. The SMILES string of the molecule is CC(C)c1cc(Cl)c(-n2nc(C(F)(F)F)nc2N)cc1S. The van der Waals surface area contributed by atoms with Crippen LogP contribution in [-0.2, 0) is 6.18 Å². The quantitative estimate of drug-likeness (QED) is 0.817. The van der Waals surface area contributed by atoms with Crippen LogP contribution in [0.15, 0.2) is 17.0 Å². The number of nitrogens with two attached hydrogens (primary N) is 1. The van der Waals surface area contributed by atoms with Crippen LogP contribution in [0.4, 0.5) is 19.1 Å². The van der Waals surface area contributed by atoms with Crippen LogP contribution in [0.2, 0.25) is 5.02 Å². The summed E-state index contributed by atoms with van der Waals surface area (Å²) in [6, 6.07) is 3.16. The summed E-state index contributed by atoms with van der Waals surface area (Å²) in [7, 11) is 0. The number of aromatic nitrogens is 3. The lowest BCUT2D eigenvalue weighted by molar-refractivity contribution is -0.144. The van der Waals surface area contributed by atoms with Crippen molar-refractivity contribution < 1.29 is 13.2 Å². The van der Waals surface area contributed by atoms with Crippen LogP contribution in [0.25, 0.3) is 5.69 Å². The van der Waals surface area contributed by atoms with Crippen LogP contribution in [0.1, 0.15) is 31.2 Å². The highest BCUT2D eigenvalue weighted by molar-refractivity contribution is 7.80. The summed E-state index contributed by atoms with van der Waals surface area (Å²) in [5, 5.41) is 3.59. The monoisotopic (exact) mass is 336 g/mol. The van der Waals surface area contributed by atoms with Gasteiger partial charge in [-0.15, -0.1) is 17.7 Å². The molecule has 21 heavy (non-hydrogen) atoms. The van der Waals surface area contributed by atoms with Gasteiger partial charge in [0.25, 0.3) is 5.82 Å². The molecule has 1 aromatic heterocycles. The fraction of sp³-hybridized carbons (Fsp3) is 0.333. The first-order chi connectivity index (χ1) is 9.61. The van der Waals surface area contributed by atoms with Crippen molar-refractivity contribution in [2.75, 3.05) is 5.73 Å². The Hall–Kier alpha value is -1.41. The van der Waals surface area contributed by atoms with E-state index in [1.54, 1.807) is 6.07 Å². The van der Waals surface area contributed by atoms with Gasteiger partial charge < -0.3 is 5.73 Å². The molecule has 4 nitrogen and oxygen atoms in total. The van der Waals surface area contributed by atoms with Crippen molar-refractivity contribution in [3.8, 4) is 5.69 Å². The molecular weight excluding hydrogens is 325 g/mol. The van der Waals surface area contributed by atoms with Gasteiger partial charge in [-0.3, -0.25) is 0 Å². The Kier molecular flexibility index (Phi) is 4.12. The van der Waals surface area contributed by atoms with Gasteiger partial charge in [0.2, 0.25) is 5.95 Å². The molecule has 0 aliphatic rings. The second kappa shape index (κ2) is 5.42. The number of halogens is 4. The van der Waals surface area contributed by atoms with Crippen molar-refractivity contribution in [3.05, 3.63) is 28.5 Å². The second-order valence-electron chi connectivity index (χ2n) is 4.72. The fourth-order valence-electron chi connectivity index (χ4n) is 1.81. The van der Waals surface area contributed by atoms with Gasteiger partial charge in [-0.25, -0.2) is 0 Å². The summed E-state index contributed by atoms with van der Waals surface area (Å²) in [5.41, 5.74) is 6.57. The third-order valence-corrected chi connectivity index (χ3v) is 3.52. The lowest BCUT2D eigenvalue weighted by Crippen LogP contribution is -2.09. The van der Waals surface area contributed by atoms with E-state index in [4.69, 9.17) is 17.3 Å². The topological polar surface area (TPSA) is 56.7 Å². The predicted octanol–water partition coefficient (Wildman–Crippen LogP) is 3.93. The number of hydrogen-bond donors (Lipinski definition) is 2.